The summed E-state index contributed by atoms with van der Waals surface area (Å²) in [6.45, 7) is 0. The van der Waals surface area contributed by atoms with Crippen molar-refractivity contribution in [1.29, 1.82) is 0 Å². The second kappa shape index (κ2) is 5.39. The predicted octanol–water partition coefficient (Wildman–Crippen LogP) is 2.17. The van der Waals surface area contributed by atoms with Crippen molar-refractivity contribution in [3.05, 3.63) is 24.7 Å². The van der Waals surface area contributed by atoms with Crippen molar-refractivity contribution in [2.24, 2.45) is 0 Å². The van der Waals surface area contributed by atoms with Gasteiger partial charge in [-0.1, -0.05) is 0 Å². The molecule has 0 saturated carbocycles. The number of aromatic amines is 1. The normalized spacial score (nSPS) is 16.7. The van der Waals surface area contributed by atoms with E-state index in [-0.39, 0.29) is 0 Å². The number of aromatic nitrogens is 4. The highest BCUT2D eigenvalue weighted by Crippen LogP contribution is 2.20. The van der Waals surface area contributed by atoms with Crippen LogP contribution in [0, 0.1) is 0 Å². The Morgan fingerprint density at radius 2 is 2.11 bits per heavy atom. The number of nitrogens with one attached hydrogen (secondary N) is 2. The molecule has 0 radical (unpaired) electrons. The molecule has 0 aliphatic carbocycles. The lowest BCUT2D eigenvalue weighted by atomic mass is 10.2. The van der Waals surface area contributed by atoms with Gasteiger partial charge in [-0.25, -0.2) is 15.0 Å². The maximum absolute atomic E-state index is 4.49. The van der Waals surface area contributed by atoms with Crippen molar-refractivity contribution >= 4 is 17.7 Å². The predicted molar refractivity (Wildman–Crippen MR) is 73.6 cm³/mol. The Labute approximate surface area is 110 Å². The van der Waals surface area contributed by atoms with Crippen molar-refractivity contribution in [2.45, 2.75) is 18.9 Å². The molecule has 5 nitrogen and oxygen atoms in total. The molecule has 2 N–H and O–H groups in total. The van der Waals surface area contributed by atoms with Crippen LogP contribution < -0.4 is 5.32 Å². The molecule has 3 heterocycles. The van der Waals surface area contributed by atoms with Crippen LogP contribution in [0.25, 0.3) is 11.5 Å². The SMILES string of the molecule is c1cc(-c2ncc[nH]2)nc(NC2CCSCC2)n1. The van der Waals surface area contributed by atoms with Crippen LogP contribution in [-0.4, -0.2) is 37.5 Å². The van der Waals surface area contributed by atoms with Crippen LogP contribution >= 0.6 is 11.8 Å². The standard InChI is InChI=1S/C12H15N5S/c1-4-15-12(16-9-2-7-18-8-3-9)17-10(1)11-13-5-6-14-11/h1,4-6,9H,2-3,7-8H2,(H,13,14)(H,15,16,17). The number of hydrogen-bond acceptors (Lipinski definition) is 5. The summed E-state index contributed by atoms with van der Waals surface area (Å²) in [5.74, 6) is 3.91. The highest BCUT2D eigenvalue weighted by atomic mass is 32.2. The Bertz CT molecular complexity index is 493. The summed E-state index contributed by atoms with van der Waals surface area (Å²) < 4.78 is 0. The smallest absolute Gasteiger partial charge is 0.223 e. The van der Waals surface area contributed by atoms with Crippen LogP contribution in [0.5, 0.6) is 0 Å². The topological polar surface area (TPSA) is 66.5 Å². The van der Waals surface area contributed by atoms with E-state index in [1.165, 1.54) is 24.3 Å². The average Bonchev–Trinajstić information content (AvgIpc) is 2.94. The molecular formula is C12H15N5S. The molecule has 2 aromatic heterocycles. The lowest BCUT2D eigenvalue weighted by Crippen LogP contribution is -2.25. The molecule has 3 rings (SSSR count). The molecule has 0 aromatic carbocycles. The number of anilines is 1. The zero-order chi connectivity index (χ0) is 12.2. The molecule has 94 valence electrons. The van der Waals surface area contributed by atoms with E-state index < -0.39 is 0 Å². The van der Waals surface area contributed by atoms with Gasteiger partial charge >= 0.3 is 0 Å². The van der Waals surface area contributed by atoms with Crippen LogP contribution in [0.1, 0.15) is 12.8 Å². The first kappa shape index (κ1) is 11.5. The van der Waals surface area contributed by atoms with Crippen LogP contribution in [0.3, 0.4) is 0 Å². The number of nitrogens with zero attached hydrogens (tertiary/aromatic N) is 3. The largest absolute Gasteiger partial charge is 0.351 e. The summed E-state index contributed by atoms with van der Waals surface area (Å²) in [5, 5.41) is 3.41. The zero-order valence-electron chi connectivity index (χ0n) is 9.97. The lowest BCUT2D eigenvalue weighted by Gasteiger charge is -2.22. The third-order valence-corrected chi connectivity index (χ3v) is 4.00. The Balaban J connectivity index is 1.74. The second-order valence-electron chi connectivity index (χ2n) is 4.23. The summed E-state index contributed by atoms with van der Waals surface area (Å²) >= 11 is 2.01. The van der Waals surface area contributed by atoms with Crippen LogP contribution in [0.4, 0.5) is 5.95 Å². The quantitative estimate of drug-likeness (QED) is 0.886. The van der Waals surface area contributed by atoms with Gasteiger partial charge in [0.1, 0.15) is 5.69 Å². The Morgan fingerprint density at radius 1 is 1.22 bits per heavy atom. The van der Waals surface area contributed by atoms with Crippen molar-refractivity contribution in [1.82, 2.24) is 19.9 Å². The first-order chi connectivity index (χ1) is 8.92. The van der Waals surface area contributed by atoms with Gasteiger partial charge in [-0.15, -0.1) is 0 Å². The summed E-state index contributed by atoms with van der Waals surface area (Å²) in [5.41, 5.74) is 0.822. The fraction of sp³-hybridized carbons (Fsp3) is 0.417. The molecular weight excluding hydrogens is 246 g/mol. The van der Waals surface area contributed by atoms with E-state index in [0.29, 0.717) is 12.0 Å². The first-order valence-electron chi connectivity index (χ1n) is 6.09. The molecule has 0 bridgehead atoms. The highest BCUT2D eigenvalue weighted by molar-refractivity contribution is 7.99. The fourth-order valence-electron chi connectivity index (χ4n) is 1.99. The molecule has 0 spiro atoms. The van der Waals surface area contributed by atoms with Crippen molar-refractivity contribution in [3.63, 3.8) is 0 Å². The summed E-state index contributed by atoms with van der Waals surface area (Å²) in [6, 6.07) is 2.36. The molecule has 6 heteroatoms. The molecule has 1 aliphatic rings. The van der Waals surface area contributed by atoms with Gasteiger partial charge in [0, 0.05) is 24.6 Å². The summed E-state index contributed by atoms with van der Waals surface area (Å²) in [7, 11) is 0. The van der Waals surface area contributed by atoms with E-state index in [9.17, 15) is 0 Å². The van der Waals surface area contributed by atoms with Crippen LogP contribution in [0.15, 0.2) is 24.7 Å². The molecule has 2 aromatic rings. The van der Waals surface area contributed by atoms with E-state index in [4.69, 9.17) is 0 Å². The molecule has 1 saturated heterocycles. The van der Waals surface area contributed by atoms with E-state index >= 15 is 0 Å². The van der Waals surface area contributed by atoms with Gasteiger partial charge < -0.3 is 10.3 Å². The van der Waals surface area contributed by atoms with Gasteiger partial charge in [0.2, 0.25) is 5.95 Å². The Hall–Kier alpha value is -1.56. The van der Waals surface area contributed by atoms with Gasteiger partial charge in [-0.05, 0) is 30.4 Å². The van der Waals surface area contributed by atoms with Gasteiger partial charge in [0.25, 0.3) is 0 Å². The van der Waals surface area contributed by atoms with Gasteiger partial charge in [-0.3, -0.25) is 0 Å². The Morgan fingerprint density at radius 3 is 2.89 bits per heavy atom. The zero-order valence-corrected chi connectivity index (χ0v) is 10.8. The van der Waals surface area contributed by atoms with Crippen LogP contribution in [-0.2, 0) is 0 Å². The molecule has 18 heavy (non-hydrogen) atoms. The number of rotatable bonds is 3. The second-order valence-corrected chi connectivity index (χ2v) is 5.46. The number of hydrogen-bond donors (Lipinski definition) is 2. The molecule has 1 aliphatic heterocycles. The minimum atomic E-state index is 0.498. The molecule has 0 atom stereocenters. The summed E-state index contributed by atoms with van der Waals surface area (Å²) in [6.07, 6.45) is 7.65. The first-order valence-corrected chi connectivity index (χ1v) is 7.24. The Kier molecular flexibility index (Phi) is 3.45. The van der Waals surface area contributed by atoms with Crippen molar-refractivity contribution < 1.29 is 0 Å². The number of thioether (sulfide) groups is 1. The molecule has 0 unspecified atom stereocenters. The highest BCUT2D eigenvalue weighted by Gasteiger charge is 2.14. The minimum Gasteiger partial charge on any atom is -0.351 e. The summed E-state index contributed by atoms with van der Waals surface area (Å²) in [4.78, 5) is 16.0. The van der Waals surface area contributed by atoms with E-state index in [1.54, 1.807) is 18.6 Å². The van der Waals surface area contributed by atoms with Crippen molar-refractivity contribution in [3.8, 4) is 11.5 Å². The third-order valence-electron chi connectivity index (χ3n) is 2.95. The lowest BCUT2D eigenvalue weighted by molar-refractivity contribution is 0.660. The molecule has 0 amide bonds. The van der Waals surface area contributed by atoms with Crippen LogP contribution in [0.2, 0.25) is 0 Å². The van der Waals surface area contributed by atoms with Gasteiger partial charge in [0.15, 0.2) is 5.82 Å². The van der Waals surface area contributed by atoms with E-state index in [1.807, 2.05) is 17.8 Å². The fourth-order valence-corrected chi connectivity index (χ4v) is 3.10. The number of H-pyrrole nitrogens is 1. The minimum absolute atomic E-state index is 0.498. The maximum atomic E-state index is 4.49. The molecule has 1 fully saturated rings. The van der Waals surface area contributed by atoms with Gasteiger partial charge in [-0.2, -0.15) is 11.8 Å². The monoisotopic (exact) mass is 261 g/mol. The number of imidazole rings is 1. The van der Waals surface area contributed by atoms with Crippen molar-refractivity contribution in [2.75, 3.05) is 16.8 Å². The van der Waals surface area contributed by atoms with Gasteiger partial charge in [0.05, 0.1) is 0 Å². The average molecular weight is 261 g/mol. The van der Waals surface area contributed by atoms with E-state index in [0.717, 1.165) is 11.5 Å². The maximum Gasteiger partial charge on any atom is 0.223 e. The third kappa shape index (κ3) is 2.64. The van der Waals surface area contributed by atoms with E-state index in [2.05, 4.69) is 25.3 Å².